The van der Waals surface area contributed by atoms with Crippen LogP contribution in [-0.4, -0.2) is 105 Å². The van der Waals surface area contributed by atoms with Gasteiger partial charge in [-0.2, -0.15) is 15.2 Å². The van der Waals surface area contributed by atoms with Crippen molar-refractivity contribution in [3.8, 4) is 28.3 Å². The Balaban J connectivity index is 0.000000235. The molecule has 0 unspecified atom stereocenters. The van der Waals surface area contributed by atoms with E-state index in [1.165, 1.54) is 36.7 Å². The Kier molecular flexibility index (Phi) is 17.0. The zero-order valence-corrected chi connectivity index (χ0v) is 35.8. The molecule has 0 aliphatic rings. The first kappa shape index (κ1) is 46.3. The topological polar surface area (TPSA) is 214 Å². The number of oxime groups is 1. The van der Waals surface area contributed by atoms with Gasteiger partial charge >= 0.3 is 0 Å². The summed E-state index contributed by atoms with van der Waals surface area (Å²) in [7, 11) is 8.06. The molecule has 0 bridgehead atoms. The highest BCUT2D eigenvalue weighted by molar-refractivity contribution is 6.31. The van der Waals surface area contributed by atoms with E-state index >= 15 is 0 Å². The molecular weight excluding hydrogens is 839 g/mol. The first-order chi connectivity index (χ1) is 29.8. The third kappa shape index (κ3) is 13.6. The highest BCUT2D eigenvalue weighted by Gasteiger charge is 2.14. The lowest BCUT2D eigenvalue weighted by Crippen LogP contribution is -2.17. The Bertz CT molecular complexity index is 2520. The van der Waals surface area contributed by atoms with Gasteiger partial charge in [0.15, 0.2) is 5.84 Å². The second-order valence-electron chi connectivity index (χ2n) is 14.1. The molecule has 0 aliphatic heterocycles. The van der Waals surface area contributed by atoms with Gasteiger partial charge < -0.3 is 42.0 Å². The molecule has 0 spiro atoms. The van der Waals surface area contributed by atoms with Gasteiger partial charge in [-0.3, -0.25) is 9.97 Å². The molecule has 7 N–H and O–H groups in total. The van der Waals surface area contributed by atoms with E-state index in [9.17, 15) is 8.78 Å². The third-order valence-corrected chi connectivity index (χ3v) is 9.29. The molecule has 20 heteroatoms. The van der Waals surface area contributed by atoms with Crippen molar-refractivity contribution in [2.24, 2.45) is 10.9 Å². The summed E-state index contributed by atoms with van der Waals surface area (Å²) in [5, 5.41) is 33.9. The van der Waals surface area contributed by atoms with Crippen molar-refractivity contribution in [3.05, 3.63) is 119 Å². The van der Waals surface area contributed by atoms with Gasteiger partial charge in [0, 0.05) is 89.5 Å². The molecule has 0 aliphatic carbocycles. The van der Waals surface area contributed by atoms with Crippen LogP contribution in [0.4, 0.5) is 43.7 Å². The van der Waals surface area contributed by atoms with Crippen LogP contribution in [0.1, 0.15) is 24.0 Å². The number of halogens is 4. The minimum absolute atomic E-state index is 0.000297. The van der Waals surface area contributed by atoms with Gasteiger partial charge in [-0.1, -0.05) is 28.4 Å². The predicted octanol–water partition coefficient (Wildman–Crippen LogP) is 7.84. The fourth-order valence-electron chi connectivity index (χ4n) is 5.62. The monoisotopic (exact) mass is 883 g/mol. The normalized spacial score (nSPS) is 11.1. The number of anilines is 6. The third-order valence-electron chi connectivity index (χ3n) is 8.71. The van der Waals surface area contributed by atoms with Crippen LogP contribution >= 0.6 is 23.2 Å². The van der Waals surface area contributed by atoms with Crippen molar-refractivity contribution in [3.63, 3.8) is 0 Å². The molecule has 2 aromatic carbocycles. The second kappa shape index (κ2) is 22.7. The maximum Gasteiger partial charge on any atom is 0.229 e. The highest BCUT2D eigenvalue weighted by Crippen LogP contribution is 2.30. The van der Waals surface area contributed by atoms with E-state index in [-0.39, 0.29) is 15.9 Å². The summed E-state index contributed by atoms with van der Waals surface area (Å²) in [6.07, 6.45) is 11.4. The van der Waals surface area contributed by atoms with E-state index in [1.807, 2.05) is 28.2 Å². The lowest BCUT2D eigenvalue weighted by molar-refractivity contribution is 0.318. The van der Waals surface area contributed by atoms with Crippen LogP contribution in [0.3, 0.4) is 0 Å². The smallest absolute Gasteiger partial charge is 0.229 e. The molecule has 0 radical (unpaired) electrons. The van der Waals surface area contributed by atoms with E-state index in [4.69, 9.17) is 39.4 Å². The van der Waals surface area contributed by atoms with Crippen LogP contribution in [0.25, 0.3) is 22.3 Å². The van der Waals surface area contributed by atoms with Gasteiger partial charge in [-0.05, 0) is 103 Å². The fourth-order valence-corrected chi connectivity index (χ4v) is 5.98. The summed E-state index contributed by atoms with van der Waals surface area (Å²) in [6, 6.07) is 14.1. The molecule has 0 atom stereocenters. The van der Waals surface area contributed by atoms with Crippen molar-refractivity contribution < 1.29 is 14.0 Å². The van der Waals surface area contributed by atoms with E-state index in [0.29, 0.717) is 70.3 Å². The van der Waals surface area contributed by atoms with Gasteiger partial charge in [0.2, 0.25) is 11.9 Å². The lowest BCUT2D eigenvalue weighted by atomic mass is 10.1. The Hall–Kier alpha value is -6.78. The number of benzene rings is 2. The van der Waals surface area contributed by atoms with Gasteiger partial charge in [0.25, 0.3) is 0 Å². The molecule has 0 fully saturated rings. The minimum atomic E-state index is -0.505. The number of nitrogens with two attached hydrogens (primary N) is 1. The minimum Gasteiger partial charge on any atom is -0.409 e. The van der Waals surface area contributed by atoms with Crippen molar-refractivity contribution >= 4 is 63.9 Å². The first-order valence-corrected chi connectivity index (χ1v) is 19.8. The van der Waals surface area contributed by atoms with Crippen LogP contribution in [0, 0.1) is 23.0 Å². The number of nitrogens with zero attached hydrogens (tertiary/aromatic N) is 10. The van der Waals surface area contributed by atoms with Crippen molar-refractivity contribution in [1.29, 1.82) is 5.26 Å². The number of nitriles is 1. The molecular formula is C42H45Cl2F2N15O. The molecule has 0 saturated heterocycles. The van der Waals surface area contributed by atoms with Crippen LogP contribution < -0.4 is 27.0 Å². The fraction of sp³-hybridized carbons (Fsp3) is 0.238. The zero-order valence-electron chi connectivity index (χ0n) is 34.3. The average molecular weight is 885 g/mol. The molecule has 62 heavy (non-hydrogen) atoms. The standard InChI is InChI=1S/C21H24ClFN8O.C21H21ClFN7/c1-31(2)7-3-6-26-20-16(13-8-14(11-25-10-13)19(24)30-32)12-27-21(29-20)28-15-4-5-18(23)17(22)9-15;1-30(2)7-3-6-26-20-17(15-8-14(10-24)11-25-12-15)13-27-21(29-20)28-16-4-5-19(23)18(22)9-16/h4-5,8-12,32H,3,6-7H2,1-2H3,(H2,24,30)(H2,26,27,28,29);4-5,8-9,11-13H,3,6-7H2,1-2H3,(H2,26,27,28,29). The maximum absolute atomic E-state index is 13.4. The molecule has 4 aromatic heterocycles. The first-order valence-electron chi connectivity index (χ1n) is 19.1. The number of amidine groups is 1. The SMILES string of the molecule is CN(C)CCCNc1nc(Nc2ccc(F)c(Cl)c2)ncc1-c1cncc(/C(N)=N/O)c1.CN(C)CCCNc1nc(Nc2ccc(F)c(Cl)c2)ncc1-c1cncc(C#N)c1. The zero-order chi connectivity index (χ0) is 44.6. The number of pyridine rings is 2. The van der Waals surface area contributed by atoms with E-state index < -0.39 is 11.6 Å². The molecule has 6 aromatic rings. The Labute approximate surface area is 367 Å². The molecule has 16 nitrogen and oxygen atoms in total. The summed E-state index contributed by atoms with van der Waals surface area (Å²) in [6.45, 7) is 3.22. The molecule has 0 amide bonds. The van der Waals surface area contributed by atoms with Crippen LogP contribution in [-0.2, 0) is 0 Å². The Morgan fingerprint density at radius 2 is 1.21 bits per heavy atom. The van der Waals surface area contributed by atoms with Crippen molar-refractivity contribution in [1.82, 2.24) is 39.7 Å². The van der Waals surface area contributed by atoms with Crippen LogP contribution in [0.5, 0.6) is 0 Å². The van der Waals surface area contributed by atoms with Gasteiger partial charge in [0.05, 0.1) is 15.6 Å². The largest absolute Gasteiger partial charge is 0.409 e. The van der Waals surface area contributed by atoms with Gasteiger partial charge in [-0.15, -0.1) is 0 Å². The quantitative estimate of drug-likeness (QED) is 0.0169. The Morgan fingerprint density at radius 1 is 0.726 bits per heavy atom. The van der Waals surface area contributed by atoms with Crippen molar-refractivity contribution in [2.45, 2.75) is 12.8 Å². The Morgan fingerprint density at radius 3 is 1.66 bits per heavy atom. The van der Waals surface area contributed by atoms with E-state index in [0.717, 1.165) is 37.1 Å². The summed E-state index contributed by atoms with van der Waals surface area (Å²) >= 11 is 11.7. The lowest BCUT2D eigenvalue weighted by Gasteiger charge is -2.15. The number of aromatic nitrogens is 6. The molecule has 0 saturated carbocycles. The highest BCUT2D eigenvalue weighted by atomic mass is 35.5. The van der Waals surface area contributed by atoms with Crippen molar-refractivity contribution in [2.75, 3.05) is 75.6 Å². The summed E-state index contributed by atoms with van der Waals surface area (Å²) in [5.74, 6) is 0.783. The van der Waals surface area contributed by atoms with Crippen LogP contribution in [0.15, 0.2) is 90.9 Å². The molecule has 6 rings (SSSR count). The number of rotatable bonds is 17. The van der Waals surface area contributed by atoms with Gasteiger partial charge in [0.1, 0.15) is 29.3 Å². The molecule has 322 valence electrons. The molecule has 4 heterocycles. The maximum atomic E-state index is 13.4. The summed E-state index contributed by atoms with van der Waals surface area (Å²) in [5.41, 5.74) is 10.6. The van der Waals surface area contributed by atoms with Crippen LogP contribution in [0.2, 0.25) is 10.0 Å². The second-order valence-corrected chi connectivity index (χ2v) is 14.9. The summed E-state index contributed by atoms with van der Waals surface area (Å²) < 4.78 is 26.8. The van der Waals surface area contributed by atoms with E-state index in [2.05, 4.69) is 72.2 Å². The number of hydrogen-bond donors (Lipinski definition) is 6. The predicted molar refractivity (Wildman–Crippen MR) is 240 cm³/mol. The number of nitrogens with one attached hydrogen (secondary N) is 4. The average Bonchev–Trinajstić information content (AvgIpc) is 3.26. The van der Waals surface area contributed by atoms with Gasteiger partial charge in [-0.25, -0.2) is 18.7 Å². The number of hydrogen-bond acceptors (Lipinski definition) is 15. The van der Waals surface area contributed by atoms with E-state index in [1.54, 1.807) is 49.1 Å². The summed E-state index contributed by atoms with van der Waals surface area (Å²) in [4.78, 5) is 30.4.